The van der Waals surface area contributed by atoms with Crippen LogP contribution in [0.3, 0.4) is 0 Å². The lowest BCUT2D eigenvalue weighted by Crippen LogP contribution is -2.31. The van der Waals surface area contributed by atoms with Crippen LogP contribution in [0, 0.1) is 0 Å². The highest BCUT2D eigenvalue weighted by Crippen LogP contribution is 2.19. The second-order valence-electron chi connectivity index (χ2n) is 5.17. The number of methoxy groups -OCH3 is 1. The topological polar surface area (TPSA) is 102 Å². The zero-order chi connectivity index (χ0) is 17.7. The van der Waals surface area contributed by atoms with E-state index in [1.165, 1.54) is 29.2 Å². The Labute approximate surface area is 141 Å². The van der Waals surface area contributed by atoms with Crippen molar-refractivity contribution in [3.63, 3.8) is 0 Å². The number of carbonyl (C=O) groups is 1. The van der Waals surface area contributed by atoms with Crippen LogP contribution in [0.2, 0.25) is 0 Å². The van der Waals surface area contributed by atoms with Gasteiger partial charge in [-0.3, -0.25) is 0 Å². The number of nitrogens with zero attached hydrogens (tertiary/aromatic N) is 1. The maximum atomic E-state index is 12.2. The lowest BCUT2D eigenvalue weighted by Gasteiger charge is -2.19. The van der Waals surface area contributed by atoms with Gasteiger partial charge in [-0.05, 0) is 30.3 Å². The van der Waals surface area contributed by atoms with Crippen molar-refractivity contribution in [1.82, 2.24) is 4.90 Å². The summed E-state index contributed by atoms with van der Waals surface area (Å²) in [6.07, 6.45) is 0. The zero-order valence-electron chi connectivity index (χ0n) is 13.4. The van der Waals surface area contributed by atoms with Crippen molar-refractivity contribution in [3.05, 3.63) is 54.1 Å². The third kappa shape index (κ3) is 4.46. The Hall–Kier alpha value is -2.58. The van der Waals surface area contributed by atoms with E-state index in [1.807, 2.05) is 24.3 Å². The number of nitrogens with one attached hydrogen (secondary N) is 1. The molecule has 0 aliphatic rings. The van der Waals surface area contributed by atoms with Crippen LogP contribution < -0.4 is 15.2 Å². The molecule has 0 saturated carbocycles. The SMILES string of the molecule is COc1ccccc1CN(C)C(=O)Nc1ccc(S(N)(=O)=O)cc1. The average molecular weight is 349 g/mol. The van der Waals surface area contributed by atoms with Crippen LogP contribution in [-0.2, 0) is 16.6 Å². The van der Waals surface area contributed by atoms with Gasteiger partial charge in [0.25, 0.3) is 0 Å². The third-order valence-electron chi connectivity index (χ3n) is 3.38. The molecule has 0 atom stereocenters. The first-order valence-electron chi connectivity index (χ1n) is 7.08. The molecule has 128 valence electrons. The summed E-state index contributed by atoms with van der Waals surface area (Å²) in [6.45, 7) is 0.366. The Morgan fingerprint density at radius 1 is 1.17 bits per heavy atom. The van der Waals surface area contributed by atoms with E-state index in [2.05, 4.69) is 5.32 Å². The highest BCUT2D eigenvalue weighted by molar-refractivity contribution is 7.89. The summed E-state index contributed by atoms with van der Waals surface area (Å²) in [7, 11) is -0.521. The lowest BCUT2D eigenvalue weighted by atomic mass is 10.2. The quantitative estimate of drug-likeness (QED) is 0.862. The van der Waals surface area contributed by atoms with Crippen molar-refractivity contribution in [1.29, 1.82) is 0 Å². The summed E-state index contributed by atoms with van der Waals surface area (Å²) in [5, 5.41) is 7.72. The smallest absolute Gasteiger partial charge is 0.321 e. The van der Waals surface area contributed by atoms with E-state index in [4.69, 9.17) is 9.88 Å². The standard InChI is InChI=1S/C16H19N3O4S/c1-19(11-12-5-3-4-6-15(12)23-2)16(20)18-13-7-9-14(10-8-13)24(17,21)22/h3-10H,11H2,1-2H3,(H,18,20)(H2,17,21,22). The first kappa shape index (κ1) is 17.8. The van der Waals surface area contributed by atoms with Crippen LogP contribution in [0.5, 0.6) is 5.75 Å². The molecule has 0 heterocycles. The Morgan fingerprint density at radius 2 is 1.79 bits per heavy atom. The molecule has 0 aromatic heterocycles. The number of anilines is 1. The Balaban J connectivity index is 2.04. The molecule has 0 fully saturated rings. The van der Waals surface area contributed by atoms with Crippen molar-refractivity contribution in [3.8, 4) is 5.75 Å². The van der Waals surface area contributed by atoms with Crippen LogP contribution in [-0.4, -0.2) is 33.5 Å². The number of para-hydroxylation sites is 1. The van der Waals surface area contributed by atoms with Gasteiger partial charge in [-0.2, -0.15) is 0 Å². The fourth-order valence-electron chi connectivity index (χ4n) is 2.11. The van der Waals surface area contributed by atoms with Crippen molar-refractivity contribution in [2.75, 3.05) is 19.5 Å². The number of benzene rings is 2. The van der Waals surface area contributed by atoms with Crippen molar-refractivity contribution in [2.24, 2.45) is 5.14 Å². The summed E-state index contributed by atoms with van der Waals surface area (Å²) < 4.78 is 27.7. The van der Waals surface area contributed by atoms with E-state index >= 15 is 0 Å². The Morgan fingerprint density at radius 3 is 2.38 bits per heavy atom. The molecular formula is C16H19N3O4S. The number of urea groups is 1. The van der Waals surface area contributed by atoms with Crippen molar-refractivity contribution >= 4 is 21.7 Å². The number of primary sulfonamides is 1. The van der Waals surface area contributed by atoms with E-state index in [9.17, 15) is 13.2 Å². The van der Waals surface area contributed by atoms with E-state index in [-0.39, 0.29) is 10.9 Å². The monoisotopic (exact) mass is 349 g/mol. The van der Waals surface area contributed by atoms with Gasteiger partial charge in [-0.1, -0.05) is 18.2 Å². The predicted octanol–water partition coefficient (Wildman–Crippen LogP) is 2.01. The molecular weight excluding hydrogens is 330 g/mol. The molecule has 2 rings (SSSR count). The second kappa shape index (κ2) is 7.33. The van der Waals surface area contributed by atoms with Gasteiger partial charge in [-0.25, -0.2) is 18.4 Å². The fraction of sp³-hybridized carbons (Fsp3) is 0.188. The molecule has 7 nitrogen and oxygen atoms in total. The van der Waals surface area contributed by atoms with E-state index < -0.39 is 10.0 Å². The molecule has 8 heteroatoms. The van der Waals surface area contributed by atoms with E-state index in [1.54, 1.807) is 14.2 Å². The van der Waals surface area contributed by atoms with E-state index in [0.717, 1.165) is 5.56 Å². The van der Waals surface area contributed by atoms with Gasteiger partial charge in [0.15, 0.2) is 0 Å². The van der Waals surface area contributed by atoms with Gasteiger partial charge in [0.2, 0.25) is 10.0 Å². The van der Waals surface area contributed by atoms with Crippen molar-refractivity contribution < 1.29 is 17.9 Å². The van der Waals surface area contributed by atoms with Gasteiger partial charge in [0.05, 0.1) is 18.6 Å². The predicted molar refractivity (Wildman–Crippen MR) is 91.3 cm³/mol. The normalized spacial score (nSPS) is 11.0. The van der Waals surface area contributed by atoms with Crippen LogP contribution in [0.25, 0.3) is 0 Å². The molecule has 24 heavy (non-hydrogen) atoms. The van der Waals surface area contributed by atoms with Crippen LogP contribution in [0.15, 0.2) is 53.4 Å². The minimum absolute atomic E-state index is 0.0112. The number of rotatable bonds is 5. The molecule has 0 saturated heterocycles. The average Bonchev–Trinajstić information content (AvgIpc) is 2.55. The zero-order valence-corrected chi connectivity index (χ0v) is 14.2. The maximum absolute atomic E-state index is 12.2. The number of amides is 2. The number of ether oxygens (including phenoxy) is 1. The molecule has 0 aliphatic heterocycles. The number of hydrogen-bond acceptors (Lipinski definition) is 4. The highest BCUT2D eigenvalue weighted by atomic mass is 32.2. The Bertz CT molecular complexity index is 819. The van der Waals surface area contributed by atoms with Crippen LogP contribution in [0.1, 0.15) is 5.56 Å². The molecule has 2 amide bonds. The fourth-order valence-corrected chi connectivity index (χ4v) is 2.62. The van der Waals surface area contributed by atoms with Gasteiger partial charge in [-0.15, -0.1) is 0 Å². The number of sulfonamides is 1. The summed E-state index contributed by atoms with van der Waals surface area (Å²) in [6, 6.07) is 12.7. The Kier molecular flexibility index (Phi) is 5.42. The molecule has 0 aliphatic carbocycles. The van der Waals surface area contributed by atoms with Crippen molar-refractivity contribution in [2.45, 2.75) is 11.4 Å². The first-order chi connectivity index (χ1) is 11.3. The van der Waals surface area contributed by atoms with Gasteiger partial charge in [0.1, 0.15) is 5.75 Å². The summed E-state index contributed by atoms with van der Waals surface area (Å²) in [5.74, 6) is 0.703. The summed E-state index contributed by atoms with van der Waals surface area (Å²) >= 11 is 0. The second-order valence-corrected chi connectivity index (χ2v) is 6.73. The summed E-state index contributed by atoms with van der Waals surface area (Å²) in [4.78, 5) is 13.7. The third-order valence-corrected chi connectivity index (χ3v) is 4.31. The molecule has 0 radical (unpaired) electrons. The minimum atomic E-state index is -3.75. The minimum Gasteiger partial charge on any atom is -0.496 e. The molecule has 3 N–H and O–H groups in total. The largest absolute Gasteiger partial charge is 0.496 e. The maximum Gasteiger partial charge on any atom is 0.321 e. The van der Waals surface area contributed by atoms with Gasteiger partial charge < -0.3 is 15.0 Å². The highest BCUT2D eigenvalue weighted by Gasteiger charge is 2.13. The number of hydrogen-bond donors (Lipinski definition) is 2. The molecule has 2 aromatic carbocycles. The van der Waals surface area contributed by atoms with E-state index in [0.29, 0.717) is 18.0 Å². The summed E-state index contributed by atoms with van der Waals surface area (Å²) in [5.41, 5.74) is 1.35. The first-order valence-corrected chi connectivity index (χ1v) is 8.63. The van der Waals surface area contributed by atoms with Gasteiger partial charge >= 0.3 is 6.03 Å². The van der Waals surface area contributed by atoms with Crippen LogP contribution in [0.4, 0.5) is 10.5 Å². The molecule has 0 bridgehead atoms. The molecule has 2 aromatic rings. The van der Waals surface area contributed by atoms with Crippen LogP contribution >= 0.6 is 0 Å². The number of carbonyl (C=O) groups excluding carboxylic acids is 1. The van der Waals surface area contributed by atoms with Gasteiger partial charge in [0, 0.05) is 18.3 Å². The molecule has 0 unspecified atom stereocenters. The lowest BCUT2D eigenvalue weighted by molar-refractivity contribution is 0.220. The number of nitrogens with two attached hydrogens (primary N) is 1. The molecule has 0 spiro atoms.